The summed E-state index contributed by atoms with van der Waals surface area (Å²) >= 11 is 0. The fourth-order valence-electron chi connectivity index (χ4n) is 6.16. The Bertz CT molecular complexity index is 854. The number of methoxy groups -OCH3 is 1. The highest BCUT2D eigenvalue weighted by atomic mass is 16.7. The predicted molar refractivity (Wildman–Crippen MR) is 137 cm³/mol. The van der Waals surface area contributed by atoms with Gasteiger partial charge in [-0.1, -0.05) is 31.9 Å². The molecule has 1 aromatic rings. The summed E-state index contributed by atoms with van der Waals surface area (Å²) in [5.74, 6) is 1.22. The van der Waals surface area contributed by atoms with Gasteiger partial charge < -0.3 is 33.9 Å². The number of aliphatic hydroxyl groups excluding tert-OH is 2. The Labute approximate surface area is 220 Å². The van der Waals surface area contributed by atoms with Crippen molar-refractivity contribution in [1.82, 2.24) is 0 Å². The van der Waals surface area contributed by atoms with Crippen LogP contribution in [0.25, 0.3) is 0 Å². The van der Waals surface area contributed by atoms with Crippen LogP contribution in [0, 0.1) is 11.8 Å². The smallest absolute Gasteiger partial charge is 0.488 e. The third kappa shape index (κ3) is 7.59. The fraction of sp³-hybridized carbons (Fsp3) is 0.759. The molecule has 208 valence electrons. The number of hydrogen-bond acceptors (Lipinski definition) is 8. The third-order valence-corrected chi connectivity index (χ3v) is 8.19. The van der Waals surface area contributed by atoms with Crippen molar-refractivity contribution >= 4 is 6.16 Å². The van der Waals surface area contributed by atoms with Gasteiger partial charge in [0.15, 0.2) is 6.29 Å². The Morgan fingerprint density at radius 1 is 1.14 bits per heavy atom. The molecule has 0 bridgehead atoms. The number of rotatable bonds is 13. The maximum Gasteiger partial charge on any atom is 0.508 e. The second-order valence-corrected chi connectivity index (χ2v) is 10.8. The molecular weight excluding hydrogens is 476 g/mol. The summed E-state index contributed by atoms with van der Waals surface area (Å²) in [5, 5.41) is 20.6. The standard InChI is InChI=1S/C29H44O8/c1-3-4-5-12-22(37-29(32)36-21-10-6-7-11-21)17-35-28-24-14-19-9-8-13-26(34-18-27(31)33-2)23(19)15-20(24)16-25(28)30/h8-9,13,20-22,24-25,27-28,30-31H,3-7,10-12,14-18H2,1-2H3/t20-,22-,24-,25+,27?,28+/m0/s1. The molecule has 6 atom stereocenters. The van der Waals surface area contributed by atoms with Gasteiger partial charge in [0.1, 0.15) is 24.6 Å². The van der Waals surface area contributed by atoms with Crippen molar-refractivity contribution in [2.75, 3.05) is 20.3 Å². The summed E-state index contributed by atoms with van der Waals surface area (Å²) in [7, 11) is 1.44. The molecule has 2 fully saturated rings. The van der Waals surface area contributed by atoms with Crippen molar-refractivity contribution in [3.63, 3.8) is 0 Å². The minimum Gasteiger partial charge on any atom is -0.488 e. The van der Waals surface area contributed by atoms with Gasteiger partial charge in [0.25, 0.3) is 0 Å². The Balaban J connectivity index is 1.36. The van der Waals surface area contributed by atoms with Crippen molar-refractivity contribution in [1.29, 1.82) is 0 Å². The fourth-order valence-corrected chi connectivity index (χ4v) is 6.16. The second-order valence-electron chi connectivity index (χ2n) is 10.8. The lowest BCUT2D eigenvalue weighted by Crippen LogP contribution is -2.36. The summed E-state index contributed by atoms with van der Waals surface area (Å²) in [6.07, 6.45) is 7.22. The third-order valence-electron chi connectivity index (χ3n) is 8.19. The molecule has 0 heterocycles. The van der Waals surface area contributed by atoms with Gasteiger partial charge in [0.2, 0.25) is 0 Å². The number of benzene rings is 1. The van der Waals surface area contributed by atoms with E-state index in [2.05, 4.69) is 13.0 Å². The molecule has 3 aliphatic rings. The summed E-state index contributed by atoms with van der Waals surface area (Å²) in [5.41, 5.74) is 2.32. The topological polar surface area (TPSA) is 104 Å². The maximum absolute atomic E-state index is 12.4. The van der Waals surface area contributed by atoms with E-state index in [1.54, 1.807) is 0 Å². The summed E-state index contributed by atoms with van der Waals surface area (Å²) in [6, 6.07) is 5.98. The van der Waals surface area contributed by atoms with Crippen molar-refractivity contribution in [2.24, 2.45) is 11.8 Å². The quantitative estimate of drug-likeness (QED) is 0.222. The van der Waals surface area contributed by atoms with Crippen molar-refractivity contribution in [2.45, 2.75) is 108 Å². The highest BCUT2D eigenvalue weighted by Gasteiger charge is 2.46. The molecule has 4 rings (SSSR count). The SMILES string of the molecule is CCCCC[C@@H](CO[C@@H]1[C@H]2Cc3cccc(OCC(O)OC)c3C[C@H]2C[C@H]1O)OC(=O)OC1CCCC1. The van der Waals surface area contributed by atoms with Gasteiger partial charge in [-0.05, 0) is 86.8 Å². The number of ether oxygens (including phenoxy) is 5. The van der Waals surface area contributed by atoms with E-state index in [1.165, 1.54) is 12.7 Å². The van der Waals surface area contributed by atoms with Crippen LogP contribution in [-0.4, -0.2) is 67.4 Å². The lowest BCUT2D eigenvalue weighted by Gasteiger charge is -2.32. The molecule has 0 amide bonds. The molecule has 37 heavy (non-hydrogen) atoms. The van der Waals surface area contributed by atoms with E-state index < -0.39 is 18.5 Å². The molecule has 0 radical (unpaired) electrons. The molecule has 1 unspecified atom stereocenters. The van der Waals surface area contributed by atoms with Crippen LogP contribution in [0.5, 0.6) is 5.75 Å². The van der Waals surface area contributed by atoms with Crippen LogP contribution in [-0.2, 0) is 31.8 Å². The second kappa shape index (κ2) is 13.8. The largest absolute Gasteiger partial charge is 0.508 e. The van der Waals surface area contributed by atoms with E-state index in [0.717, 1.165) is 75.5 Å². The highest BCUT2D eigenvalue weighted by Crippen LogP contribution is 2.45. The molecule has 2 saturated carbocycles. The van der Waals surface area contributed by atoms with Crippen molar-refractivity contribution in [3.8, 4) is 5.75 Å². The lowest BCUT2D eigenvalue weighted by atomic mass is 9.77. The van der Waals surface area contributed by atoms with Crippen LogP contribution in [0.4, 0.5) is 4.79 Å². The summed E-state index contributed by atoms with van der Waals surface area (Å²) in [4.78, 5) is 12.4. The number of carbonyl (C=O) groups excluding carboxylic acids is 1. The molecule has 8 heteroatoms. The van der Waals surface area contributed by atoms with Crippen LogP contribution in [0.1, 0.15) is 75.8 Å². The average molecular weight is 521 g/mol. The van der Waals surface area contributed by atoms with Crippen LogP contribution in [0.2, 0.25) is 0 Å². The van der Waals surface area contributed by atoms with E-state index >= 15 is 0 Å². The molecule has 2 N–H and O–H groups in total. The van der Waals surface area contributed by atoms with E-state index in [-0.39, 0.29) is 43.4 Å². The molecule has 0 aromatic heterocycles. The first-order chi connectivity index (χ1) is 18.0. The zero-order chi connectivity index (χ0) is 26.2. The number of unbranched alkanes of at least 4 members (excludes halogenated alkanes) is 2. The van der Waals surface area contributed by atoms with E-state index in [9.17, 15) is 15.0 Å². The zero-order valence-electron chi connectivity index (χ0n) is 22.3. The van der Waals surface area contributed by atoms with Gasteiger partial charge in [0, 0.05) is 7.11 Å². The van der Waals surface area contributed by atoms with Crippen molar-refractivity contribution in [3.05, 3.63) is 29.3 Å². The van der Waals surface area contributed by atoms with Crippen LogP contribution in [0.15, 0.2) is 18.2 Å². The number of aliphatic hydroxyl groups is 2. The van der Waals surface area contributed by atoms with Gasteiger partial charge in [0.05, 0.1) is 18.8 Å². The van der Waals surface area contributed by atoms with E-state index in [0.29, 0.717) is 6.42 Å². The van der Waals surface area contributed by atoms with Gasteiger partial charge in [-0.2, -0.15) is 0 Å². The van der Waals surface area contributed by atoms with Crippen LogP contribution < -0.4 is 4.74 Å². The van der Waals surface area contributed by atoms with Crippen LogP contribution >= 0.6 is 0 Å². The summed E-state index contributed by atoms with van der Waals surface area (Å²) < 4.78 is 28.3. The van der Waals surface area contributed by atoms with Gasteiger partial charge in [-0.25, -0.2) is 4.79 Å². The molecule has 1 aromatic carbocycles. The van der Waals surface area contributed by atoms with Crippen LogP contribution in [0.3, 0.4) is 0 Å². The predicted octanol–water partition coefficient (Wildman–Crippen LogP) is 4.56. The van der Waals surface area contributed by atoms with E-state index in [1.807, 2.05) is 12.1 Å². The number of carbonyl (C=O) groups is 1. The number of fused-ring (bicyclic) bond motifs is 2. The van der Waals surface area contributed by atoms with Crippen molar-refractivity contribution < 1.29 is 38.7 Å². The Morgan fingerprint density at radius 3 is 2.70 bits per heavy atom. The monoisotopic (exact) mass is 520 g/mol. The van der Waals surface area contributed by atoms with Gasteiger partial charge in [-0.3, -0.25) is 0 Å². The van der Waals surface area contributed by atoms with Gasteiger partial charge >= 0.3 is 6.16 Å². The van der Waals surface area contributed by atoms with E-state index in [4.69, 9.17) is 23.7 Å². The molecule has 0 aliphatic heterocycles. The summed E-state index contributed by atoms with van der Waals surface area (Å²) in [6.45, 7) is 2.48. The average Bonchev–Trinajstić information content (AvgIpc) is 3.50. The zero-order valence-corrected chi connectivity index (χ0v) is 22.3. The normalized spacial score (nSPS) is 26.8. The first-order valence-corrected chi connectivity index (χ1v) is 14.1. The first-order valence-electron chi connectivity index (χ1n) is 14.1. The Hall–Kier alpha value is -1.87. The molecule has 0 spiro atoms. The molecule has 0 saturated heterocycles. The molecule has 8 nitrogen and oxygen atoms in total. The first kappa shape index (κ1) is 28.1. The molecular formula is C29H44O8. The highest BCUT2D eigenvalue weighted by molar-refractivity contribution is 5.60. The minimum atomic E-state index is -0.971. The maximum atomic E-state index is 12.4. The minimum absolute atomic E-state index is 0.0314. The van der Waals surface area contributed by atoms with Gasteiger partial charge in [-0.15, -0.1) is 0 Å². The Morgan fingerprint density at radius 2 is 1.95 bits per heavy atom. The molecule has 3 aliphatic carbocycles. The Kier molecular flexibility index (Phi) is 10.5. The lowest BCUT2D eigenvalue weighted by molar-refractivity contribution is -0.0970. The number of hydrogen-bond donors (Lipinski definition) is 2.